The SMILES string of the molecule is CN=C(NCCCc1nnc(SC)n1CC(C)C)NCc1coc(-c2ccccc2)n1. The summed E-state index contributed by atoms with van der Waals surface area (Å²) in [6.07, 6.45) is 5.52. The zero-order valence-electron chi connectivity index (χ0n) is 18.6. The van der Waals surface area contributed by atoms with Crippen molar-refractivity contribution in [3.8, 4) is 11.5 Å². The van der Waals surface area contributed by atoms with Crippen molar-refractivity contribution in [3.05, 3.63) is 48.1 Å². The fourth-order valence-electron chi connectivity index (χ4n) is 3.15. The molecule has 0 aliphatic rings. The van der Waals surface area contributed by atoms with E-state index in [0.29, 0.717) is 18.4 Å². The molecule has 1 aromatic carbocycles. The van der Waals surface area contributed by atoms with E-state index in [-0.39, 0.29) is 0 Å². The van der Waals surface area contributed by atoms with Crippen molar-refractivity contribution in [3.63, 3.8) is 0 Å². The third kappa shape index (κ3) is 6.58. The summed E-state index contributed by atoms with van der Waals surface area (Å²) in [4.78, 5) is 8.82. The number of rotatable bonds is 10. The lowest BCUT2D eigenvalue weighted by Gasteiger charge is -2.13. The van der Waals surface area contributed by atoms with Crippen LogP contribution in [-0.4, -0.2) is 45.6 Å². The average Bonchev–Trinajstić information content (AvgIpc) is 3.40. The monoisotopic (exact) mass is 441 g/mol. The number of aryl methyl sites for hydroxylation is 1. The van der Waals surface area contributed by atoms with Crippen LogP contribution in [0.4, 0.5) is 0 Å². The third-order valence-corrected chi connectivity index (χ3v) is 5.29. The van der Waals surface area contributed by atoms with Gasteiger partial charge in [0.05, 0.1) is 12.2 Å². The molecule has 0 saturated carbocycles. The minimum Gasteiger partial charge on any atom is -0.444 e. The minimum absolute atomic E-state index is 0.538. The predicted molar refractivity (Wildman–Crippen MR) is 125 cm³/mol. The standard InChI is InChI=1S/C22H31N7OS/c1-16(2)14-29-19(27-28-22(29)31-4)11-8-12-24-21(23-3)25-13-18-15-30-20(26-18)17-9-6-5-7-10-17/h5-7,9-10,15-16H,8,11-14H2,1-4H3,(H2,23,24,25). The summed E-state index contributed by atoms with van der Waals surface area (Å²) < 4.78 is 7.82. The van der Waals surface area contributed by atoms with Crippen LogP contribution in [0.5, 0.6) is 0 Å². The zero-order valence-corrected chi connectivity index (χ0v) is 19.4. The second-order valence-electron chi connectivity index (χ2n) is 7.57. The van der Waals surface area contributed by atoms with Crippen molar-refractivity contribution in [2.24, 2.45) is 10.9 Å². The number of guanidine groups is 1. The van der Waals surface area contributed by atoms with E-state index in [4.69, 9.17) is 4.42 Å². The Kier molecular flexibility index (Phi) is 8.52. The average molecular weight is 442 g/mol. The van der Waals surface area contributed by atoms with Gasteiger partial charge in [0.2, 0.25) is 5.89 Å². The molecule has 0 saturated heterocycles. The maximum absolute atomic E-state index is 5.59. The quantitative estimate of drug-likeness (QED) is 0.215. The van der Waals surface area contributed by atoms with Crippen molar-refractivity contribution >= 4 is 17.7 Å². The number of oxazole rings is 1. The van der Waals surface area contributed by atoms with E-state index in [0.717, 1.165) is 54.1 Å². The van der Waals surface area contributed by atoms with E-state index in [9.17, 15) is 0 Å². The Bertz CT molecular complexity index is 965. The van der Waals surface area contributed by atoms with Gasteiger partial charge in [0.1, 0.15) is 12.1 Å². The first-order chi connectivity index (χ1) is 15.1. The van der Waals surface area contributed by atoms with Gasteiger partial charge in [-0.15, -0.1) is 10.2 Å². The van der Waals surface area contributed by atoms with E-state index < -0.39 is 0 Å². The number of aliphatic imine (C=N–C) groups is 1. The number of thioether (sulfide) groups is 1. The molecule has 9 heteroatoms. The van der Waals surface area contributed by atoms with Gasteiger partial charge in [0.15, 0.2) is 11.1 Å². The molecule has 0 radical (unpaired) electrons. The Balaban J connectivity index is 1.44. The van der Waals surface area contributed by atoms with Crippen LogP contribution in [0, 0.1) is 5.92 Å². The van der Waals surface area contributed by atoms with Gasteiger partial charge in [-0.05, 0) is 30.7 Å². The van der Waals surface area contributed by atoms with E-state index >= 15 is 0 Å². The molecule has 2 heterocycles. The number of nitrogens with zero attached hydrogens (tertiary/aromatic N) is 5. The lowest BCUT2D eigenvalue weighted by atomic mass is 10.2. The summed E-state index contributed by atoms with van der Waals surface area (Å²) >= 11 is 1.64. The molecule has 0 aliphatic carbocycles. The molecule has 0 atom stereocenters. The normalized spacial score (nSPS) is 11.8. The molecule has 166 valence electrons. The van der Waals surface area contributed by atoms with Crippen LogP contribution >= 0.6 is 11.8 Å². The van der Waals surface area contributed by atoms with Crippen LogP contribution in [0.3, 0.4) is 0 Å². The van der Waals surface area contributed by atoms with Crippen LogP contribution < -0.4 is 10.6 Å². The summed E-state index contributed by atoms with van der Waals surface area (Å²) in [5.74, 6) is 2.95. The zero-order chi connectivity index (χ0) is 22.1. The van der Waals surface area contributed by atoms with Gasteiger partial charge in [0, 0.05) is 32.1 Å². The highest BCUT2D eigenvalue weighted by Crippen LogP contribution is 2.18. The fourth-order valence-corrected chi connectivity index (χ4v) is 3.68. The smallest absolute Gasteiger partial charge is 0.226 e. The topological polar surface area (TPSA) is 93.2 Å². The van der Waals surface area contributed by atoms with Crippen molar-refractivity contribution in [2.75, 3.05) is 19.8 Å². The first kappa shape index (κ1) is 22.9. The van der Waals surface area contributed by atoms with Gasteiger partial charge in [0.25, 0.3) is 0 Å². The Morgan fingerprint density at radius 1 is 1.19 bits per heavy atom. The molecule has 0 fully saturated rings. The van der Waals surface area contributed by atoms with Crippen LogP contribution in [0.25, 0.3) is 11.5 Å². The van der Waals surface area contributed by atoms with E-state index in [2.05, 4.69) is 49.2 Å². The van der Waals surface area contributed by atoms with Crippen LogP contribution in [-0.2, 0) is 19.5 Å². The summed E-state index contributed by atoms with van der Waals surface area (Å²) in [6.45, 7) is 6.69. The number of hydrogen-bond acceptors (Lipinski definition) is 6. The summed E-state index contributed by atoms with van der Waals surface area (Å²) in [5, 5.41) is 16.3. The third-order valence-electron chi connectivity index (χ3n) is 4.63. The second kappa shape index (κ2) is 11.5. The van der Waals surface area contributed by atoms with Crippen molar-refractivity contribution < 1.29 is 4.42 Å². The van der Waals surface area contributed by atoms with Gasteiger partial charge >= 0.3 is 0 Å². The Morgan fingerprint density at radius 2 is 2.00 bits per heavy atom. The number of nitrogens with one attached hydrogen (secondary N) is 2. The number of aromatic nitrogens is 4. The van der Waals surface area contributed by atoms with E-state index in [1.807, 2.05) is 36.6 Å². The van der Waals surface area contributed by atoms with Crippen LogP contribution in [0.2, 0.25) is 0 Å². The summed E-state index contributed by atoms with van der Waals surface area (Å²) in [6, 6.07) is 9.87. The maximum Gasteiger partial charge on any atom is 0.226 e. The summed E-state index contributed by atoms with van der Waals surface area (Å²) in [7, 11) is 1.76. The molecule has 8 nitrogen and oxygen atoms in total. The van der Waals surface area contributed by atoms with Crippen LogP contribution in [0.1, 0.15) is 31.8 Å². The number of hydrogen-bond donors (Lipinski definition) is 2. The molecule has 0 spiro atoms. The molecule has 0 amide bonds. The largest absolute Gasteiger partial charge is 0.444 e. The highest BCUT2D eigenvalue weighted by Gasteiger charge is 2.12. The molecule has 3 rings (SSSR count). The molecular formula is C22H31N7OS. The van der Waals surface area contributed by atoms with Gasteiger partial charge in [-0.25, -0.2) is 4.98 Å². The van der Waals surface area contributed by atoms with E-state index in [1.54, 1.807) is 25.1 Å². The Hall–Kier alpha value is -2.81. The van der Waals surface area contributed by atoms with Crippen LogP contribution in [0.15, 0.2) is 51.2 Å². The van der Waals surface area contributed by atoms with Gasteiger partial charge < -0.3 is 19.6 Å². The van der Waals surface area contributed by atoms with Crippen molar-refractivity contribution in [2.45, 2.75) is 44.9 Å². The molecule has 0 bridgehead atoms. The Labute approximate surface area is 188 Å². The molecular weight excluding hydrogens is 410 g/mol. The second-order valence-corrected chi connectivity index (χ2v) is 8.35. The first-order valence-electron chi connectivity index (χ1n) is 10.5. The van der Waals surface area contributed by atoms with Gasteiger partial charge in [-0.2, -0.15) is 0 Å². The summed E-state index contributed by atoms with van der Waals surface area (Å²) in [5.41, 5.74) is 1.79. The lowest BCUT2D eigenvalue weighted by molar-refractivity contribution is 0.477. The van der Waals surface area contributed by atoms with Gasteiger partial charge in [-0.1, -0.05) is 43.8 Å². The Morgan fingerprint density at radius 3 is 2.71 bits per heavy atom. The first-order valence-corrected chi connectivity index (χ1v) is 11.7. The lowest BCUT2D eigenvalue weighted by Crippen LogP contribution is -2.37. The van der Waals surface area contributed by atoms with Crippen molar-refractivity contribution in [1.29, 1.82) is 0 Å². The molecule has 31 heavy (non-hydrogen) atoms. The molecule has 2 aromatic heterocycles. The fraction of sp³-hybridized carbons (Fsp3) is 0.455. The molecule has 0 unspecified atom stereocenters. The minimum atomic E-state index is 0.538. The van der Waals surface area contributed by atoms with Gasteiger partial charge in [-0.3, -0.25) is 4.99 Å². The maximum atomic E-state index is 5.59. The number of benzene rings is 1. The highest BCUT2D eigenvalue weighted by atomic mass is 32.2. The molecule has 0 aliphatic heterocycles. The van der Waals surface area contributed by atoms with Crippen molar-refractivity contribution in [1.82, 2.24) is 30.4 Å². The predicted octanol–water partition coefficient (Wildman–Crippen LogP) is 3.61. The van der Waals surface area contributed by atoms with E-state index in [1.165, 1.54) is 0 Å². The highest BCUT2D eigenvalue weighted by molar-refractivity contribution is 7.98. The molecule has 3 aromatic rings. The molecule has 2 N–H and O–H groups in total.